The summed E-state index contributed by atoms with van der Waals surface area (Å²) >= 11 is 13.2. The Morgan fingerprint density at radius 1 is 0.812 bits per heavy atom. The molecule has 0 N–H and O–H groups in total. The van der Waals surface area contributed by atoms with Gasteiger partial charge in [-0.05, 0) is 22.9 Å². The molecule has 0 unspecified atom stereocenters. The average molecular weight is 267 g/mol. The molecule has 0 aliphatic carbocycles. The minimum atomic E-state index is -2.56. The lowest BCUT2D eigenvalue weighted by molar-refractivity contribution is 1.51. The van der Waals surface area contributed by atoms with Gasteiger partial charge < -0.3 is 0 Å². The third-order valence-electron chi connectivity index (χ3n) is 2.62. The molecule has 82 valence electrons. The molecule has 3 heteroatoms. The highest BCUT2D eigenvalue weighted by molar-refractivity contribution is 7.56. The number of aryl methyl sites for hydroxylation is 1. The predicted octanol–water partition coefficient (Wildman–Crippen LogP) is 3.03. The Kier molecular flexibility index (Phi) is 3.38. The maximum atomic E-state index is 6.60. The molecule has 0 bridgehead atoms. The smallest absolute Gasteiger partial charge is 0.134 e. The van der Waals surface area contributed by atoms with Crippen molar-refractivity contribution in [1.29, 1.82) is 0 Å². The molecule has 0 saturated carbocycles. The van der Waals surface area contributed by atoms with Gasteiger partial charge in [-0.3, -0.25) is 0 Å². The number of rotatable bonds is 2. The van der Waals surface area contributed by atoms with Crippen LogP contribution in [0.4, 0.5) is 0 Å². The maximum Gasteiger partial charge on any atom is 0.310 e. The van der Waals surface area contributed by atoms with Crippen molar-refractivity contribution in [2.24, 2.45) is 0 Å². The molecule has 0 aliphatic heterocycles. The SMILES string of the molecule is Cc1ccccc1[Si](Cl)(Cl)c1ccccc1. The fourth-order valence-electron chi connectivity index (χ4n) is 1.73. The average Bonchev–Trinajstić information content (AvgIpc) is 2.30. The van der Waals surface area contributed by atoms with Crippen LogP contribution in [-0.2, 0) is 0 Å². The molecule has 0 radical (unpaired) electrons. The summed E-state index contributed by atoms with van der Waals surface area (Å²) in [5.74, 6) is 0. The minimum absolute atomic E-state index is 1.03. The minimum Gasteiger partial charge on any atom is -0.134 e. The number of halogens is 2. The molecule has 0 heterocycles. The Morgan fingerprint density at radius 2 is 1.38 bits per heavy atom. The van der Waals surface area contributed by atoms with Crippen molar-refractivity contribution in [2.45, 2.75) is 6.92 Å². The Bertz CT molecular complexity index is 480. The van der Waals surface area contributed by atoms with Crippen molar-refractivity contribution >= 4 is 39.2 Å². The van der Waals surface area contributed by atoms with Crippen LogP contribution in [0, 0.1) is 6.92 Å². The Hall–Kier alpha value is -0.763. The molecule has 0 spiro atoms. The summed E-state index contributed by atoms with van der Waals surface area (Å²) < 4.78 is 0. The maximum absolute atomic E-state index is 6.60. The van der Waals surface area contributed by atoms with E-state index in [2.05, 4.69) is 0 Å². The topological polar surface area (TPSA) is 0 Å². The van der Waals surface area contributed by atoms with Crippen LogP contribution in [0.1, 0.15) is 5.56 Å². The normalized spacial score (nSPS) is 11.4. The van der Waals surface area contributed by atoms with Crippen molar-refractivity contribution < 1.29 is 0 Å². The summed E-state index contributed by atoms with van der Waals surface area (Å²) in [5, 5.41) is 2.11. The molecule has 0 aromatic heterocycles. The van der Waals surface area contributed by atoms with Crippen molar-refractivity contribution in [3.05, 3.63) is 60.2 Å². The fourth-order valence-corrected chi connectivity index (χ4v) is 5.56. The summed E-state index contributed by atoms with van der Waals surface area (Å²) in [7, 11) is 0. The summed E-state index contributed by atoms with van der Waals surface area (Å²) in [6, 6.07) is 18.0. The first kappa shape index (κ1) is 11.7. The van der Waals surface area contributed by atoms with Gasteiger partial charge in [-0.2, -0.15) is 0 Å². The highest BCUT2D eigenvalue weighted by atomic mass is 35.7. The van der Waals surface area contributed by atoms with Crippen LogP contribution in [0.2, 0.25) is 0 Å². The molecule has 0 fully saturated rings. The quantitative estimate of drug-likeness (QED) is 0.579. The van der Waals surface area contributed by atoms with Crippen LogP contribution in [0.25, 0.3) is 0 Å². The van der Waals surface area contributed by atoms with Gasteiger partial charge in [0.2, 0.25) is 0 Å². The van der Waals surface area contributed by atoms with E-state index in [9.17, 15) is 0 Å². The summed E-state index contributed by atoms with van der Waals surface area (Å²) in [6.07, 6.45) is 0. The van der Waals surface area contributed by atoms with Gasteiger partial charge in [0.15, 0.2) is 0 Å². The molecule has 0 saturated heterocycles. The Balaban J connectivity index is 2.51. The molecule has 0 amide bonds. The molecule has 0 aliphatic rings. The van der Waals surface area contributed by atoms with Crippen LogP contribution in [0.3, 0.4) is 0 Å². The van der Waals surface area contributed by atoms with Crippen molar-refractivity contribution in [2.75, 3.05) is 0 Å². The molecule has 0 nitrogen and oxygen atoms in total. The second kappa shape index (κ2) is 4.62. The third-order valence-corrected chi connectivity index (χ3v) is 7.45. The van der Waals surface area contributed by atoms with Crippen LogP contribution in [0.15, 0.2) is 54.6 Å². The van der Waals surface area contributed by atoms with Crippen LogP contribution >= 0.6 is 22.2 Å². The molecule has 0 atom stereocenters. The van der Waals surface area contributed by atoms with E-state index in [1.54, 1.807) is 0 Å². The van der Waals surface area contributed by atoms with Crippen molar-refractivity contribution in [1.82, 2.24) is 0 Å². The van der Waals surface area contributed by atoms with Crippen LogP contribution in [0.5, 0.6) is 0 Å². The zero-order valence-electron chi connectivity index (χ0n) is 8.95. The highest BCUT2D eigenvalue weighted by Gasteiger charge is 2.34. The van der Waals surface area contributed by atoms with Crippen molar-refractivity contribution in [3.8, 4) is 0 Å². The van der Waals surface area contributed by atoms with Gasteiger partial charge in [-0.25, -0.2) is 0 Å². The van der Waals surface area contributed by atoms with E-state index in [-0.39, 0.29) is 0 Å². The van der Waals surface area contributed by atoms with Crippen LogP contribution in [-0.4, -0.2) is 6.69 Å². The Labute approximate surface area is 106 Å². The van der Waals surface area contributed by atoms with E-state index < -0.39 is 6.69 Å². The zero-order chi connectivity index (χ0) is 11.6. The highest BCUT2D eigenvalue weighted by Crippen LogP contribution is 2.16. The zero-order valence-corrected chi connectivity index (χ0v) is 11.5. The van der Waals surface area contributed by atoms with Gasteiger partial charge in [0.1, 0.15) is 0 Å². The van der Waals surface area contributed by atoms with Gasteiger partial charge >= 0.3 is 6.69 Å². The molecule has 2 aromatic carbocycles. The first-order valence-electron chi connectivity index (χ1n) is 5.12. The van der Waals surface area contributed by atoms with E-state index in [0.717, 1.165) is 15.9 Å². The van der Waals surface area contributed by atoms with E-state index in [4.69, 9.17) is 22.2 Å². The van der Waals surface area contributed by atoms with E-state index in [0.29, 0.717) is 0 Å². The van der Waals surface area contributed by atoms with E-state index in [1.165, 1.54) is 0 Å². The largest absolute Gasteiger partial charge is 0.310 e. The van der Waals surface area contributed by atoms with Crippen LogP contribution < -0.4 is 10.4 Å². The molecule has 2 aromatic rings. The lowest BCUT2D eigenvalue weighted by Gasteiger charge is -2.19. The summed E-state index contributed by atoms with van der Waals surface area (Å²) in [6.45, 7) is -0.509. The van der Waals surface area contributed by atoms with E-state index >= 15 is 0 Å². The van der Waals surface area contributed by atoms with Gasteiger partial charge in [-0.15, -0.1) is 22.2 Å². The Morgan fingerprint density at radius 3 is 2.00 bits per heavy atom. The predicted molar refractivity (Wildman–Crippen MR) is 74.3 cm³/mol. The number of hydrogen-bond donors (Lipinski definition) is 0. The van der Waals surface area contributed by atoms with Gasteiger partial charge in [-0.1, -0.05) is 54.6 Å². The number of hydrogen-bond acceptors (Lipinski definition) is 0. The lowest BCUT2D eigenvalue weighted by Crippen LogP contribution is -2.49. The van der Waals surface area contributed by atoms with Gasteiger partial charge in [0.25, 0.3) is 0 Å². The molecule has 2 rings (SSSR count). The molecular formula is C13H12Cl2Si. The van der Waals surface area contributed by atoms with Gasteiger partial charge in [0.05, 0.1) is 0 Å². The summed E-state index contributed by atoms with van der Waals surface area (Å²) in [5.41, 5.74) is 1.16. The van der Waals surface area contributed by atoms with Gasteiger partial charge in [0, 0.05) is 0 Å². The number of benzene rings is 2. The first-order valence-corrected chi connectivity index (χ1v) is 9.14. The second-order valence-corrected chi connectivity index (χ2v) is 10.0. The lowest BCUT2D eigenvalue weighted by atomic mass is 10.2. The second-order valence-electron chi connectivity index (χ2n) is 3.76. The van der Waals surface area contributed by atoms with Crippen molar-refractivity contribution in [3.63, 3.8) is 0 Å². The fraction of sp³-hybridized carbons (Fsp3) is 0.0769. The first-order chi connectivity index (χ1) is 7.62. The third kappa shape index (κ3) is 2.17. The molecule has 16 heavy (non-hydrogen) atoms. The van der Waals surface area contributed by atoms with E-state index in [1.807, 2.05) is 61.5 Å². The summed E-state index contributed by atoms with van der Waals surface area (Å²) in [4.78, 5) is 0. The monoisotopic (exact) mass is 266 g/mol. The molecular weight excluding hydrogens is 255 g/mol. The standard InChI is InChI=1S/C13H12Cl2Si/c1-11-7-5-6-10-13(11)16(14,15)12-8-3-2-4-9-12/h2-10H,1H3.